The lowest BCUT2D eigenvalue weighted by atomic mass is 10.1. The van der Waals surface area contributed by atoms with Gasteiger partial charge < -0.3 is 14.6 Å². The van der Waals surface area contributed by atoms with Crippen LogP contribution in [-0.4, -0.2) is 34.1 Å². The summed E-state index contributed by atoms with van der Waals surface area (Å²) in [5.74, 6) is 0.518. The highest BCUT2D eigenvalue weighted by atomic mass is 79.9. The van der Waals surface area contributed by atoms with Crippen LogP contribution in [0.25, 0.3) is 10.8 Å². The summed E-state index contributed by atoms with van der Waals surface area (Å²) >= 11 is 7.17. The Hall–Kier alpha value is -2.84. The fourth-order valence-corrected chi connectivity index (χ4v) is 4.52. The summed E-state index contributed by atoms with van der Waals surface area (Å²) in [6.07, 6.45) is 0.583. The molecule has 3 aromatic carbocycles. The number of rotatable bonds is 9. The molecule has 0 saturated carbocycles. The lowest BCUT2D eigenvalue weighted by Crippen LogP contribution is -2.12. The third kappa shape index (κ3) is 5.57. The zero-order valence-corrected chi connectivity index (χ0v) is 21.1. The van der Waals surface area contributed by atoms with Crippen molar-refractivity contribution in [3.63, 3.8) is 0 Å². The van der Waals surface area contributed by atoms with Crippen molar-refractivity contribution in [2.75, 3.05) is 13.2 Å². The Morgan fingerprint density at radius 1 is 1.03 bits per heavy atom. The van der Waals surface area contributed by atoms with Crippen molar-refractivity contribution in [3.8, 4) is 11.6 Å². The van der Waals surface area contributed by atoms with E-state index in [4.69, 9.17) is 14.6 Å². The van der Waals surface area contributed by atoms with Gasteiger partial charge in [-0.15, -0.1) is 0 Å². The van der Waals surface area contributed by atoms with Crippen LogP contribution < -0.4 is 9.47 Å². The number of benzene rings is 3. The van der Waals surface area contributed by atoms with Crippen LogP contribution in [0, 0.1) is 0 Å². The second-order valence-electron chi connectivity index (χ2n) is 7.40. The normalized spacial score (nSPS) is 11.0. The van der Waals surface area contributed by atoms with Gasteiger partial charge in [0.1, 0.15) is 12.4 Å². The molecule has 0 aliphatic heterocycles. The van der Waals surface area contributed by atoms with Crippen LogP contribution in [0.4, 0.5) is 0 Å². The van der Waals surface area contributed by atoms with E-state index >= 15 is 0 Å². The van der Waals surface area contributed by atoms with Gasteiger partial charge in [-0.05, 0) is 69.5 Å². The zero-order valence-electron chi connectivity index (χ0n) is 17.9. The second-order valence-corrected chi connectivity index (χ2v) is 9.11. The number of carboxylic acid groups (broad SMARTS) is 1. The maximum Gasteiger partial charge on any atom is 0.335 e. The third-order valence-corrected chi connectivity index (χ3v) is 6.42. The molecule has 8 heteroatoms. The highest BCUT2D eigenvalue weighted by Gasteiger charge is 2.12. The predicted molar refractivity (Wildman–Crippen MR) is 134 cm³/mol. The molecule has 4 rings (SSSR count). The van der Waals surface area contributed by atoms with Crippen molar-refractivity contribution in [2.24, 2.45) is 0 Å². The number of halogens is 2. The molecule has 0 fully saturated rings. The molecule has 1 aromatic heterocycles. The van der Waals surface area contributed by atoms with Crippen LogP contribution in [0.5, 0.6) is 11.6 Å². The average Bonchev–Trinajstić information content (AvgIpc) is 3.17. The number of ether oxygens (including phenoxy) is 2. The molecule has 1 N–H and O–H groups in total. The van der Waals surface area contributed by atoms with Gasteiger partial charge in [0, 0.05) is 17.0 Å². The first-order chi connectivity index (χ1) is 15.9. The molecule has 6 nitrogen and oxygen atoms in total. The van der Waals surface area contributed by atoms with Gasteiger partial charge in [-0.1, -0.05) is 40.2 Å². The van der Waals surface area contributed by atoms with E-state index in [2.05, 4.69) is 43.0 Å². The van der Waals surface area contributed by atoms with E-state index in [1.165, 1.54) is 0 Å². The molecule has 33 heavy (non-hydrogen) atoms. The van der Waals surface area contributed by atoms with Gasteiger partial charge in [0.2, 0.25) is 5.88 Å². The molecule has 0 radical (unpaired) electrons. The van der Waals surface area contributed by atoms with Gasteiger partial charge in [0.15, 0.2) is 0 Å². The lowest BCUT2D eigenvalue weighted by Gasteiger charge is -2.12. The maximum absolute atomic E-state index is 11.0. The Morgan fingerprint density at radius 2 is 1.82 bits per heavy atom. The number of hydrogen-bond acceptors (Lipinski definition) is 4. The number of aromatic nitrogens is 2. The van der Waals surface area contributed by atoms with Gasteiger partial charge in [0.05, 0.1) is 28.9 Å². The first kappa shape index (κ1) is 23.3. The number of fused-ring (bicyclic) bond motifs is 1. The maximum atomic E-state index is 11.0. The van der Waals surface area contributed by atoms with Crippen molar-refractivity contribution in [3.05, 3.63) is 86.4 Å². The minimum Gasteiger partial charge on any atom is -0.490 e. The van der Waals surface area contributed by atoms with Gasteiger partial charge in [-0.25, -0.2) is 9.48 Å². The Morgan fingerprint density at radius 3 is 2.55 bits per heavy atom. The summed E-state index contributed by atoms with van der Waals surface area (Å²) in [5.41, 5.74) is 2.10. The van der Waals surface area contributed by atoms with Crippen molar-refractivity contribution in [2.45, 2.75) is 19.9 Å². The summed E-state index contributed by atoms with van der Waals surface area (Å²) in [7, 11) is 0. The van der Waals surface area contributed by atoms with Gasteiger partial charge in [-0.2, -0.15) is 5.10 Å². The van der Waals surface area contributed by atoms with E-state index in [1.54, 1.807) is 16.8 Å². The molecule has 0 atom stereocenters. The van der Waals surface area contributed by atoms with Crippen LogP contribution in [0.2, 0.25) is 0 Å². The van der Waals surface area contributed by atoms with E-state index in [1.807, 2.05) is 49.4 Å². The Kier molecular flexibility index (Phi) is 7.35. The van der Waals surface area contributed by atoms with E-state index in [0.717, 1.165) is 36.7 Å². The Bertz CT molecular complexity index is 1290. The molecule has 0 spiro atoms. The van der Waals surface area contributed by atoms with Crippen LogP contribution in [0.1, 0.15) is 28.5 Å². The molecule has 1 heterocycles. The van der Waals surface area contributed by atoms with E-state index < -0.39 is 5.97 Å². The number of aromatic carboxylic acids is 1. The average molecular weight is 574 g/mol. The van der Waals surface area contributed by atoms with E-state index in [9.17, 15) is 4.79 Å². The Balaban J connectivity index is 1.45. The van der Waals surface area contributed by atoms with E-state index in [-0.39, 0.29) is 5.56 Å². The molecule has 0 saturated heterocycles. The highest BCUT2D eigenvalue weighted by Crippen LogP contribution is 2.34. The van der Waals surface area contributed by atoms with Crippen molar-refractivity contribution in [1.82, 2.24) is 9.78 Å². The molecule has 4 aromatic rings. The monoisotopic (exact) mass is 572 g/mol. The van der Waals surface area contributed by atoms with Crippen molar-refractivity contribution in [1.29, 1.82) is 0 Å². The SMILES string of the molecule is CCOc1cc(Cc2ccc(C(=O)O)cc2)nn1CCOc1ccc2cc(Br)ccc2c1Br. The van der Waals surface area contributed by atoms with Crippen LogP contribution in [0.3, 0.4) is 0 Å². The molecule has 0 amide bonds. The highest BCUT2D eigenvalue weighted by molar-refractivity contribution is 9.11. The molecular formula is C25H22Br2N2O4. The van der Waals surface area contributed by atoms with Crippen molar-refractivity contribution >= 4 is 48.6 Å². The summed E-state index contributed by atoms with van der Waals surface area (Å²) < 4.78 is 15.6. The number of nitrogens with zero attached hydrogens (tertiary/aromatic N) is 2. The second kappa shape index (κ2) is 10.4. The molecule has 0 aliphatic carbocycles. The molecule has 0 unspecified atom stereocenters. The standard InChI is InChI=1S/C25H22Br2N2O4/c1-2-32-23-15-20(13-16-3-5-17(6-4-16)25(30)31)28-29(23)11-12-33-22-10-7-18-14-19(26)8-9-21(18)24(22)27/h3-10,14-15H,2,11-13H2,1H3,(H,30,31). The smallest absolute Gasteiger partial charge is 0.335 e. The molecule has 0 bridgehead atoms. The first-order valence-corrected chi connectivity index (χ1v) is 12.1. The van der Waals surface area contributed by atoms with Crippen molar-refractivity contribution < 1.29 is 19.4 Å². The summed E-state index contributed by atoms with van der Waals surface area (Å²) in [6, 6.07) is 18.8. The minimum absolute atomic E-state index is 0.268. The quantitative estimate of drug-likeness (QED) is 0.253. The Labute approximate surface area is 208 Å². The van der Waals surface area contributed by atoms with Gasteiger partial charge in [0.25, 0.3) is 0 Å². The number of carboxylic acids is 1. The summed E-state index contributed by atoms with van der Waals surface area (Å²) in [5, 5.41) is 15.9. The summed E-state index contributed by atoms with van der Waals surface area (Å²) in [4.78, 5) is 11.0. The number of hydrogen-bond donors (Lipinski definition) is 1. The predicted octanol–water partition coefficient (Wildman–Crippen LogP) is 6.33. The summed E-state index contributed by atoms with van der Waals surface area (Å²) in [6.45, 7) is 3.42. The van der Waals surface area contributed by atoms with Gasteiger partial charge >= 0.3 is 5.97 Å². The van der Waals surface area contributed by atoms with E-state index in [0.29, 0.717) is 32.1 Å². The minimum atomic E-state index is -0.935. The van der Waals surface area contributed by atoms with Crippen LogP contribution >= 0.6 is 31.9 Å². The largest absolute Gasteiger partial charge is 0.490 e. The topological polar surface area (TPSA) is 73.6 Å². The zero-order chi connectivity index (χ0) is 23.4. The molecule has 170 valence electrons. The fourth-order valence-electron chi connectivity index (χ4n) is 3.53. The van der Waals surface area contributed by atoms with Gasteiger partial charge in [-0.3, -0.25) is 0 Å². The first-order valence-electron chi connectivity index (χ1n) is 10.5. The fraction of sp³-hybridized carbons (Fsp3) is 0.200. The molecular weight excluding hydrogens is 552 g/mol. The van der Waals surface area contributed by atoms with Crippen LogP contribution in [0.15, 0.2) is 69.6 Å². The third-order valence-electron chi connectivity index (χ3n) is 5.11. The molecule has 0 aliphatic rings. The van der Waals surface area contributed by atoms with Crippen LogP contribution in [-0.2, 0) is 13.0 Å². The lowest BCUT2D eigenvalue weighted by molar-refractivity contribution is 0.0697. The number of carbonyl (C=O) groups is 1.